The summed E-state index contributed by atoms with van der Waals surface area (Å²) in [7, 11) is 0. The number of anilines is 2. The number of nitrogens with one attached hydrogen (secondary N) is 1. The predicted molar refractivity (Wildman–Crippen MR) is 99.8 cm³/mol. The van der Waals surface area contributed by atoms with Crippen LogP contribution in [0, 0.1) is 11.6 Å². The molecule has 0 aromatic heterocycles. The van der Waals surface area contributed by atoms with Crippen LogP contribution < -0.4 is 10.2 Å². The molecule has 1 aliphatic heterocycles. The van der Waals surface area contributed by atoms with E-state index in [-0.39, 0.29) is 5.91 Å². The quantitative estimate of drug-likeness (QED) is 0.811. The van der Waals surface area contributed by atoms with Gasteiger partial charge in [-0.15, -0.1) is 0 Å². The summed E-state index contributed by atoms with van der Waals surface area (Å²) in [5, 5.41) is 2.77. The van der Waals surface area contributed by atoms with E-state index in [0.29, 0.717) is 31.2 Å². The van der Waals surface area contributed by atoms with Crippen molar-refractivity contribution in [1.29, 1.82) is 0 Å². The molecule has 0 aliphatic carbocycles. The average molecular weight is 394 g/mol. The first-order valence-corrected chi connectivity index (χ1v) is 8.84. The van der Waals surface area contributed by atoms with E-state index < -0.39 is 29.6 Å². The van der Waals surface area contributed by atoms with E-state index in [4.69, 9.17) is 11.6 Å². The van der Waals surface area contributed by atoms with E-state index in [1.165, 1.54) is 6.07 Å². The number of piperazine rings is 1. The molecule has 2 aromatic rings. The Morgan fingerprint density at radius 1 is 1.00 bits per heavy atom. The van der Waals surface area contributed by atoms with Crippen molar-refractivity contribution in [2.75, 3.05) is 36.4 Å². The normalized spacial score (nSPS) is 14.2. The van der Waals surface area contributed by atoms with Gasteiger partial charge in [0.05, 0.1) is 0 Å². The van der Waals surface area contributed by atoms with Crippen LogP contribution in [0.3, 0.4) is 0 Å². The van der Waals surface area contributed by atoms with Crippen molar-refractivity contribution in [3.63, 3.8) is 0 Å². The van der Waals surface area contributed by atoms with Crippen LogP contribution in [0.2, 0.25) is 5.02 Å². The van der Waals surface area contributed by atoms with Crippen molar-refractivity contribution in [3.8, 4) is 0 Å². The zero-order valence-corrected chi connectivity index (χ0v) is 15.2. The lowest BCUT2D eigenvalue weighted by Gasteiger charge is -2.36. The number of amides is 2. The second-order valence-electron chi connectivity index (χ2n) is 6.17. The summed E-state index contributed by atoms with van der Waals surface area (Å²) < 4.78 is 27.1. The van der Waals surface area contributed by atoms with Crippen LogP contribution in [0.5, 0.6) is 0 Å². The molecule has 2 aromatic carbocycles. The van der Waals surface area contributed by atoms with Gasteiger partial charge in [-0.05, 0) is 30.3 Å². The van der Waals surface area contributed by atoms with E-state index in [9.17, 15) is 18.4 Å². The number of carbonyl (C=O) groups excluding carboxylic acids is 2. The lowest BCUT2D eigenvalue weighted by Crippen LogP contribution is -2.49. The van der Waals surface area contributed by atoms with Crippen LogP contribution in [0.25, 0.3) is 0 Å². The number of hydrogen-bond donors (Lipinski definition) is 1. The summed E-state index contributed by atoms with van der Waals surface area (Å²) in [6.07, 6.45) is -0.467. The van der Waals surface area contributed by atoms with Gasteiger partial charge in [0.1, 0.15) is 23.7 Å². The number of halogens is 3. The number of rotatable bonds is 4. The Labute approximate surface area is 160 Å². The molecule has 0 bridgehead atoms. The molecule has 27 heavy (non-hydrogen) atoms. The predicted octanol–water partition coefficient (Wildman–Crippen LogP) is 3.30. The Morgan fingerprint density at radius 3 is 2.26 bits per heavy atom. The second kappa shape index (κ2) is 8.35. The van der Waals surface area contributed by atoms with Crippen LogP contribution in [-0.2, 0) is 9.59 Å². The number of nitrogens with zero attached hydrogens (tertiary/aromatic N) is 2. The minimum absolute atomic E-state index is 0.380. The lowest BCUT2D eigenvalue weighted by atomic mass is 10.2. The fourth-order valence-electron chi connectivity index (χ4n) is 2.94. The maximum absolute atomic E-state index is 13.6. The molecule has 0 saturated carbocycles. The zero-order valence-electron chi connectivity index (χ0n) is 14.4. The maximum Gasteiger partial charge on any atom is 0.233 e. The minimum atomic E-state index is -0.883. The van der Waals surface area contributed by atoms with Gasteiger partial charge in [0.2, 0.25) is 11.8 Å². The molecular formula is C19H18ClF2N3O2. The molecule has 1 heterocycles. The van der Waals surface area contributed by atoms with Crippen molar-refractivity contribution >= 4 is 34.8 Å². The van der Waals surface area contributed by atoms with Gasteiger partial charge >= 0.3 is 0 Å². The molecule has 1 saturated heterocycles. The molecule has 1 N–H and O–H groups in total. The van der Waals surface area contributed by atoms with Crippen LogP contribution in [-0.4, -0.2) is 42.9 Å². The molecular weight excluding hydrogens is 376 g/mol. The van der Waals surface area contributed by atoms with Crippen molar-refractivity contribution in [1.82, 2.24) is 4.90 Å². The molecule has 1 aliphatic rings. The molecule has 0 atom stereocenters. The Kier molecular flexibility index (Phi) is 5.91. The maximum atomic E-state index is 13.6. The zero-order chi connectivity index (χ0) is 19.4. The highest BCUT2D eigenvalue weighted by Crippen LogP contribution is 2.21. The molecule has 142 valence electrons. The van der Waals surface area contributed by atoms with Crippen molar-refractivity contribution in [2.24, 2.45) is 0 Å². The summed E-state index contributed by atoms with van der Waals surface area (Å²) in [6.45, 7) is 2.12. The van der Waals surface area contributed by atoms with E-state index in [2.05, 4.69) is 10.2 Å². The third-order valence-electron chi connectivity index (χ3n) is 4.34. The van der Waals surface area contributed by atoms with Gasteiger partial charge in [0.25, 0.3) is 0 Å². The number of para-hydroxylation sites is 1. The summed E-state index contributed by atoms with van der Waals surface area (Å²) in [5.74, 6) is -2.90. The van der Waals surface area contributed by atoms with Gasteiger partial charge in [-0.25, -0.2) is 8.78 Å². The Morgan fingerprint density at radius 2 is 1.63 bits per heavy atom. The fourth-order valence-corrected chi connectivity index (χ4v) is 3.12. The number of carbonyl (C=O) groups is 2. The van der Waals surface area contributed by atoms with Crippen LogP contribution in [0.15, 0.2) is 42.5 Å². The highest BCUT2D eigenvalue weighted by molar-refractivity contribution is 6.30. The lowest BCUT2D eigenvalue weighted by molar-refractivity contribution is -0.134. The molecule has 3 rings (SSSR count). The Balaban J connectivity index is 1.53. The Hall–Kier alpha value is -2.67. The Bertz CT molecular complexity index is 834. The van der Waals surface area contributed by atoms with Gasteiger partial charge in [0, 0.05) is 36.9 Å². The summed E-state index contributed by atoms with van der Waals surface area (Å²) >= 11 is 6.00. The first-order valence-electron chi connectivity index (χ1n) is 8.46. The second-order valence-corrected chi connectivity index (χ2v) is 6.61. The topological polar surface area (TPSA) is 52.7 Å². The monoisotopic (exact) mass is 393 g/mol. The van der Waals surface area contributed by atoms with E-state index in [1.807, 2.05) is 18.2 Å². The van der Waals surface area contributed by atoms with Crippen LogP contribution in [0.1, 0.15) is 6.42 Å². The number of hydrogen-bond acceptors (Lipinski definition) is 3. The molecule has 2 amide bonds. The van der Waals surface area contributed by atoms with E-state index in [1.54, 1.807) is 11.0 Å². The highest BCUT2D eigenvalue weighted by Gasteiger charge is 2.24. The number of benzene rings is 2. The van der Waals surface area contributed by atoms with Gasteiger partial charge in [0.15, 0.2) is 0 Å². The molecule has 5 nitrogen and oxygen atoms in total. The van der Waals surface area contributed by atoms with E-state index in [0.717, 1.165) is 17.8 Å². The first-order chi connectivity index (χ1) is 12.9. The van der Waals surface area contributed by atoms with Crippen molar-refractivity contribution in [2.45, 2.75) is 6.42 Å². The van der Waals surface area contributed by atoms with Crippen molar-refractivity contribution in [3.05, 3.63) is 59.1 Å². The molecule has 8 heteroatoms. The fraction of sp³-hybridized carbons (Fsp3) is 0.263. The summed E-state index contributed by atoms with van der Waals surface area (Å²) in [5.41, 5.74) is 0.434. The highest BCUT2D eigenvalue weighted by atomic mass is 35.5. The minimum Gasteiger partial charge on any atom is -0.368 e. The smallest absolute Gasteiger partial charge is 0.233 e. The molecule has 0 radical (unpaired) electrons. The van der Waals surface area contributed by atoms with Gasteiger partial charge < -0.3 is 15.1 Å². The standard InChI is InChI=1S/C19H18ClF2N3O2/c20-13-3-1-4-14(11-13)24-7-9-25(10-8-24)18(27)12-17(26)23-19-15(21)5-2-6-16(19)22/h1-6,11H,7-10,12H2,(H,23,26). The van der Waals surface area contributed by atoms with Crippen molar-refractivity contribution < 1.29 is 18.4 Å². The molecule has 0 unspecified atom stereocenters. The summed E-state index contributed by atoms with van der Waals surface area (Å²) in [4.78, 5) is 27.9. The van der Waals surface area contributed by atoms with Gasteiger partial charge in [-0.3, -0.25) is 9.59 Å². The summed E-state index contributed by atoms with van der Waals surface area (Å²) in [6, 6.07) is 10.7. The average Bonchev–Trinajstić information content (AvgIpc) is 2.65. The largest absolute Gasteiger partial charge is 0.368 e. The SMILES string of the molecule is O=C(CC(=O)N1CCN(c2cccc(Cl)c2)CC1)Nc1c(F)cccc1F. The first kappa shape index (κ1) is 19.1. The molecule has 1 fully saturated rings. The third-order valence-corrected chi connectivity index (χ3v) is 4.58. The van der Waals surface area contributed by atoms with Gasteiger partial charge in [-0.1, -0.05) is 23.7 Å². The van der Waals surface area contributed by atoms with E-state index >= 15 is 0 Å². The van der Waals surface area contributed by atoms with Gasteiger partial charge in [-0.2, -0.15) is 0 Å². The third kappa shape index (κ3) is 4.74. The van der Waals surface area contributed by atoms with Crippen LogP contribution in [0.4, 0.5) is 20.2 Å². The molecule has 0 spiro atoms. The van der Waals surface area contributed by atoms with Crippen LogP contribution >= 0.6 is 11.6 Å².